The van der Waals surface area contributed by atoms with Crippen LogP contribution in [-0.4, -0.2) is 0 Å². The van der Waals surface area contributed by atoms with E-state index in [0.29, 0.717) is 0 Å². The summed E-state index contributed by atoms with van der Waals surface area (Å²) >= 11 is 0. The molecule has 1 heterocycles. The Hall–Kier alpha value is -4.39. The van der Waals surface area contributed by atoms with Gasteiger partial charge >= 0.3 is 0 Å². The lowest BCUT2D eigenvalue weighted by Crippen LogP contribution is -2.17. The van der Waals surface area contributed by atoms with Crippen molar-refractivity contribution >= 4 is 64.3 Å². The van der Waals surface area contributed by atoms with E-state index in [-0.39, 0.29) is 5.41 Å². The molecule has 1 aromatic heterocycles. The Morgan fingerprint density at radius 1 is 0.610 bits per heavy atom. The molecule has 1 aliphatic carbocycles. The van der Waals surface area contributed by atoms with Gasteiger partial charge in [0.1, 0.15) is 11.2 Å². The molecule has 41 heavy (non-hydrogen) atoms. The number of hydrogen-bond acceptors (Lipinski definition) is 2. The summed E-state index contributed by atoms with van der Waals surface area (Å²) < 4.78 is 6.36. The molecule has 3 heteroatoms. The van der Waals surface area contributed by atoms with E-state index in [2.05, 4.69) is 138 Å². The largest absolute Gasteiger partial charge is 0.456 e. The van der Waals surface area contributed by atoms with Crippen molar-refractivity contribution in [3.63, 3.8) is 0 Å². The van der Waals surface area contributed by atoms with Crippen molar-refractivity contribution in [1.29, 1.82) is 0 Å². The lowest BCUT2D eigenvalue weighted by molar-refractivity contribution is 0.660. The van der Waals surface area contributed by atoms with Crippen molar-refractivity contribution in [3.05, 3.63) is 132 Å². The quantitative estimate of drug-likeness (QED) is 0.205. The first kappa shape index (κ1) is 24.4. The van der Waals surface area contributed by atoms with Crippen LogP contribution in [0.3, 0.4) is 0 Å². The van der Waals surface area contributed by atoms with Crippen LogP contribution in [0, 0.1) is 6.92 Å². The minimum Gasteiger partial charge on any atom is -0.456 e. The molecule has 0 fully saturated rings. The molecule has 2 nitrogen and oxygen atoms in total. The van der Waals surface area contributed by atoms with Gasteiger partial charge in [0, 0.05) is 39.0 Å². The Labute approximate surface area is 242 Å². The van der Waals surface area contributed by atoms with Crippen LogP contribution >= 0.6 is 9.24 Å². The van der Waals surface area contributed by atoms with Crippen molar-refractivity contribution in [1.82, 2.24) is 0 Å². The monoisotopic (exact) mass is 547 g/mol. The van der Waals surface area contributed by atoms with Crippen molar-refractivity contribution in [3.8, 4) is 11.1 Å². The van der Waals surface area contributed by atoms with Gasteiger partial charge in [-0.25, -0.2) is 0 Å². The molecule has 0 aliphatic heterocycles. The van der Waals surface area contributed by atoms with E-state index in [1.54, 1.807) is 0 Å². The van der Waals surface area contributed by atoms with Crippen LogP contribution < -0.4 is 10.2 Å². The van der Waals surface area contributed by atoms with Gasteiger partial charge in [-0.3, -0.25) is 0 Å². The molecule has 0 N–H and O–H groups in total. The van der Waals surface area contributed by atoms with Gasteiger partial charge < -0.3 is 9.32 Å². The Bertz CT molecular complexity index is 2170. The molecule has 1 unspecified atom stereocenters. The maximum atomic E-state index is 6.36. The first-order valence-corrected chi connectivity index (χ1v) is 14.7. The van der Waals surface area contributed by atoms with Crippen LogP contribution in [0.1, 0.15) is 30.5 Å². The summed E-state index contributed by atoms with van der Waals surface area (Å²) in [4.78, 5) is 2.40. The maximum Gasteiger partial charge on any atom is 0.137 e. The van der Waals surface area contributed by atoms with Gasteiger partial charge in [0.15, 0.2) is 0 Å². The number of nitrogens with zero attached hydrogens (tertiary/aromatic N) is 1. The molecule has 1 atom stereocenters. The van der Waals surface area contributed by atoms with Gasteiger partial charge in [-0.1, -0.05) is 92.2 Å². The van der Waals surface area contributed by atoms with Crippen LogP contribution in [0.5, 0.6) is 0 Å². The zero-order valence-electron chi connectivity index (χ0n) is 23.4. The molecule has 0 bridgehead atoms. The minimum atomic E-state index is -0.119. The third-order valence-corrected chi connectivity index (χ3v) is 9.16. The Morgan fingerprint density at radius 3 is 2.17 bits per heavy atom. The first-order chi connectivity index (χ1) is 19.9. The molecule has 0 saturated heterocycles. The minimum absolute atomic E-state index is 0.119. The summed E-state index contributed by atoms with van der Waals surface area (Å²) in [6, 6.07) is 41.8. The van der Waals surface area contributed by atoms with E-state index < -0.39 is 0 Å². The van der Waals surface area contributed by atoms with E-state index in [0.717, 1.165) is 38.6 Å². The zero-order chi connectivity index (χ0) is 27.9. The molecule has 0 radical (unpaired) electrons. The predicted octanol–water partition coefficient (Wildman–Crippen LogP) is 10.3. The molecule has 0 spiro atoms. The topological polar surface area (TPSA) is 16.4 Å². The van der Waals surface area contributed by atoms with Crippen molar-refractivity contribution in [2.24, 2.45) is 0 Å². The van der Waals surface area contributed by atoms with Gasteiger partial charge in [0.2, 0.25) is 0 Å². The van der Waals surface area contributed by atoms with E-state index in [1.807, 2.05) is 12.1 Å². The predicted molar refractivity (Wildman–Crippen MR) is 178 cm³/mol. The average molecular weight is 548 g/mol. The third kappa shape index (κ3) is 3.61. The fourth-order valence-corrected chi connectivity index (χ4v) is 7.09. The SMILES string of the molecule is Cc1ccc2c(c1)C(C)(C)c1cc(N(c3cccc(P)c3)c3ccc4c(c3)oc3ccccc34)c3ccccc3c1-2. The molecule has 0 amide bonds. The van der Waals surface area contributed by atoms with E-state index >= 15 is 0 Å². The second-order valence-electron chi connectivity index (χ2n) is 11.7. The van der Waals surface area contributed by atoms with Gasteiger partial charge in [-0.2, -0.15) is 0 Å². The number of aryl methyl sites for hydroxylation is 1. The van der Waals surface area contributed by atoms with Crippen LogP contribution in [0.4, 0.5) is 17.1 Å². The lowest BCUT2D eigenvalue weighted by Gasteiger charge is -2.30. The van der Waals surface area contributed by atoms with Gasteiger partial charge in [-0.15, -0.1) is 9.24 Å². The summed E-state index contributed by atoms with van der Waals surface area (Å²) in [5.74, 6) is 0. The Morgan fingerprint density at radius 2 is 1.34 bits per heavy atom. The van der Waals surface area contributed by atoms with E-state index in [9.17, 15) is 0 Å². The average Bonchev–Trinajstić information content (AvgIpc) is 3.45. The second kappa shape index (κ2) is 8.80. The van der Waals surface area contributed by atoms with Gasteiger partial charge in [0.05, 0.1) is 5.69 Å². The number of furan rings is 1. The van der Waals surface area contributed by atoms with Crippen LogP contribution in [0.2, 0.25) is 0 Å². The maximum absolute atomic E-state index is 6.36. The van der Waals surface area contributed by atoms with Crippen molar-refractivity contribution in [2.75, 3.05) is 4.90 Å². The fourth-order valence-electron chi connectivity index (χ4n) is 6.81. The Balaban J connectivity index is 1.44. The normalized spacial score (nSPS) is 13.6. The van der Waals surface area contributed by atoms with Gasteiger partial charge in [0.25, 0.3) is 0 Å². The highest BCUT2D eigenvalue weighted by atomic mass is 31.0. The van der Waals surface area contributed by atoms with Crippen LogP contribution in [0.15, 0.2) is 120 Å². The molecule has 7 aromatic rings. The zero-order valence-corrected chi connectivity index (χ0v) is 24.6. The second-order valence-corrected chi connectivity index (χ2v) is 12.4. The number of para-hydroxylation sites is 1. The van der Waals surface area contributed by atoms with Gasteiger partial charge in [-0.05, 0) is 76.3 Å². The number of rotatable bonds is 3. The molecule has 198 valence electrons. The fraction of sp³-hybridized carbons (Fsp3) is 0.105. The van der Waals surface area contributed by atoms with Crippen LogP contribution in [-0.2, 0) is 5.41 Å². The third-order valence-electron chi connectivity index (χ3n) is 8.80. The molecular formula is C38H30NOP. The smallest absolute Gasteiger partial charge is 0.137 e. The Kier molecular flexibility index (Phi) is 5.24. The summed E-state index contributed by atoms with van der Waals surface area (Å²) in [5, 5.41) is 5.94. The van der Waals surface area contributed by atoms with Crippen molar-refractivity contribution in [2.45, 2.75) is 26.2 Å². The lowest BCUT2D eigenvalue weighted by atomic mass is 9.81. The highest BCUT2D eigenvalue weighted by Gasteiger charge is 2.38. The van der Waals surface area contributed by atoms with E-state index in [1.165, 1.54) is 44.3 Å². The molecule has 0 saturated carbocycles. The summed E-state index contributed by atoms with van der Waals surface area (Å²) in [7, 11) is 2.86. The van der Waals surface area contributed by atoms with E-state index in [4.69, 9.17) is 4.42 Å². The molecule has 1 aliphatic rings. The number of hydrogen-bond donors (Lipinski definition) is 0. The highest BCUT2D eigenvalue weighted by molar-refractivity contribution is 7.27. The summed E-state index contributed by atoms with van der Waals surface area (Å²) in [5.41, 5.74) is 11.8. The molecule has 8 rings (SSSR count). The number of benzene rings is 6. The summed E-state index contributed by atoms with van der Waals surface area (Å²) in [6.07, 6.45) is 0. The highest BCUT2D eigenvalue weighted by Crippen LogP contribution is 2.54. The standard InChI is InChI=1S/C38H30NOP/c1-23-15-17-31-32(19-23)38(2,3)33-22-34(27-11-4-5-13-30(27)37(31)33)39(24-9-8-10-26(41)20-24)25-16-18-29-28-12-6-7-14-35(28)40-36(29)21-25/h4-22H,41H2,1-3H3. The molecular weight excluding hydrogens is 517 g/mol. The molecule has 6 aromatic carbocycles. The van der Waals surface area contributed by atoms with Crippen molar-refractivity contribution < 1.29 is 4.42 Å². The first-order valence-electron chi connectivity index (χ1n) is 14.1. The number of anilines is 3. The number of fused-ring (bicyclic) bond motifs is 8. The van der Waals surface area contributed by atoms with Crippen LogP contribution in [0.25, 0.3) is 43.8 Å². The summed E-state index contributed by atoms with van der Waals surface area (Å²) in [6.45, 7) is 6.92.